The molecule has 0 saturated heterocycles. The molecule has 0 aromatic heterocycles. The molecular formula is C12H12BrClN2OS. The molecule has 1 aliphatic carbocycles. The minimum absolute atomic E-state index is 0.183. The molecule has 1 unspecified atom stereocenters. The fraction of sp³-hybridized carbons (Fsp3) is 0.333. The Morgan fingerprint density at radius 3 is 2.72 bits per heavy atom. The first kappa shape index (κ1) is 13.8. The molecule has 18 heavy (non-hydrogen) atoms. The molecule has 0 radical (unpaired) electrons. The van der Waals surface area contributed by atoms with Gasteiger partial charge in [-0.25, -0.2) is 0 Å². The van der Waals surface area contributed by atoms with E-state index in [1.807, 2.05) is 0 Å². The summed E-state index contributed by atoms with van der Waals surface area (Å²) in [6.07, 6.45) is 2.12. The van der Waals surface area contributed by atoms with E-state index in [0.29, 0.717) is 26.0 Å². The topological polar surface area (TPSA) is 55.1 Å². The molecular weight excluding hydrogens is 336 g/mol. The lowest BCUT2D eigenvalue weighted by Gasteiger charge is -2.16. The molecule has 96 valence electrons. The normalized spacial score (nSPS) is 16.1. The summed E-state index contributed by atoms with van der Waals surface area (Å²) in [7, 11) is 0. The van der Waals surface area contributed by atoms with E-state index in [0.717, 1.165) is 12.8 Å². The fourth-order valence-corrected chi connectivity index (χ4v) is 2.46. The van der Waals surface area contributed by atoms with E-state index in [-0.39, 0.29) is 11.9 Å². The second-order valence-corrected chi connectivity index (χ2v) is 6.05. The summed E-state index contributed by atoms with van der Waals surface area (Å²) < 4.78 is 0.690. The van der Waals surface area contributed by atoms with Gasteiger partial charge in [0.2, 0.25) is 0 Å². The van der Waals surface area contributed by atoms with Crippen molar-refractivity contribution >= 4 is 50.6 Å². The van der Waals surface area contributed by atoms with E-state index in [2.05, 4.69) is 21.2 Å². The van der Waals surface area contributed by atoms with Crippen LogP contribution in [0.5, 0.6) is 0 Å². The van der Waals surface area contributed by atoms with Gasteiger partial charge in [0.15, 0.2) is 0 Å². The quantitative estimate of drug-likeness (QED) is 0.824. The molecule has 1 saturated carbocycles. The maximum absolute atomic E-state index is 12.1. The Hall–Kier alpha value is -0.650. The number of carbonyl (C=O) groups is 1. The molecule has 1 atom stereocenters. The van der Waals surface area contributed by atoms with Gasteiger partial charge in [-0.1, -0.05) is 23.8 Å². The second-order valence-electron chi connectivity index (χ2n) is 4.32. The van der Waals surface area contributed by atoms with Crippen LogP contribution in [0.2, 0.25) is 5.02 Å². The summed E-state index contributed by atoms with van der Waals surface area (Å²) in [5, 5.41) is 3.44. The van der Waals surface area contributed by atoms with Crippen molar-refractivity contribution in [3.05, 3.63) is 33.3 Å². The molecule has 2 rings (SSSR count). The Bertz CT molecular complexity index is 505. The number of halogens is 2. The highest BCUT2D eigenvalue weighted by Crippen LogP contribution is 2.33. The van der Waals surface area contributed by atoms with Crippen molar-refractivity contribution < 1.29 is 4.79 Å². The zero-order valence-corrected chi connectivity index (χ0v) is 12.6. The molecule has 0 bridgehead atoms. The number of amides is 1. The highest BCUT2D eigenvalue weighted by molar-refractivity contribution is 9.10. The van der Waals surface area contributed by atoms with E-state index < -0.39 is 0 Å². The standard InChI is InChI=1S/C12H12BrClN2OS/c13-8-5-7(3-4-9(8)14)12(17)16-10(11(15)18)6-1-2-6/h3-6,10H,1-2H2,(H2,15,18)(H,16,17). The number of benzene rings is 1. The van der Waals surface area contributed by atoms with Crippen LogP contribution in [0.4, 0.5) is 0 Å². The molecule has 3 N–H and O–H groups in total. The van der Waals surface area contributed by atoms with Gasteiger partial charge < -0.3 is 11.1 Å². The van der Waals surface area contributed by atoms with Gasteiger partial charge in [-0.2, -0.15) is 0 Å². The summed E-state index contributed by atoms with van der Waals surface area (Å²) in [5.41, 5.74) is 6.18. The molecule has 0 spiro atoms. The third kappa shape index (κ3) is 3.22. The zero-order valence-electron chi connectivity index (χ0n) is 9.45. The Morgan fingerprint density at radius 2 is 2.22 bits per heavy atom. The molecule has 1 aliphatic rings. The lowest BCUT2D eigenvalue weighted by molar-refractivity contribution is 0.0944. The van der Waals surface area contributed by atoms with Crippen LogP contribution in [0, 0.1) is 5.92 Å². The monoisotopic (exact) mass is 346 g/mol. The Labute approximate surface area is 124 Å². The molecule has 1 aromatic carbocycles. The maximum Gasteiger partial charge on any atom is 0.251 e. The van der Waals surface area contributed by atoms with E-state index >= 15 is 0 Å². The van der Waals surface area contributed by atoms with Crippen molar-refractivity contribution in [1.29, 1.82) is 0 Å². The lowest BCUT2D eigenvalue weighted by Crippen LogP contribution is -2.45. The predicted molar refractivity (Wildman–Crippen MR) is 79.9 cm³/mol. The summed E-state index contributed by atoms with van der Waals surface area (Å²) in [6.45, 7) is 0. The third-order valence-corrected chi connectivity index (χ3v) is 4.34. The van der Waals surface area contributed by atoms with Gasteiger partial charge >= 0.3 is 0 Å². The SMILES string of the molecule is NC(=S)C(NC(=O)c1ccc(Cl)c(Br)c1)C1CC1. The van der Waals surface area contributed by atoms with Crippen LogP contribution in [0.25, 0.3) is 0 Å². The number of hydrogen-bond acceptors (Lipinski definition) is 2. The van der Waals surface area contributed by atoms with Crippen LogP contribution in [0.1, 0.15) is 23.2 Å². The maximum atomic E-state index is 12.1. The van der Waals surface area contributed by atoms with Crippen LogP contribution < -0.4 is 11.1 Å². The summed E-state index contributed by atoms with van der Waals surface area (Å²) in [5.74, 6) is 0.208. The van der Waals surface area contributed by atoms with Gasteiger partial charge in [-0.3, -0.25) is 4.79 Å². The molecule has 1 amide bonds. The van der Waals surface area contributed by atoms with Gasteiger partial charge in [0.05, 0.1) is 16.1 Å². The van der Waals surface area contributed by atoms with E-state index in [1.165, 1.54) is 0 Å². The average molecular weight is 348 g/mol. The van der Waals surface area contributed by atoms with Gasteiger partial charge in [-0.15, -0.1) is 0 Å². The van der Waals surface area contributed by atoms with E-state index in [9.17, 15) is 4.79 Å². The van der Waals surface area contributed by atoms with Crippen LogP contribution in [-0.2, 0) is 0 Å². The van der Waals surface area contributed by atoms with Crippen LogP contribution in [0.15, 0.2) is 22.7 Å². The van der Waals surface area contributed by atoms with Crippen molar-refractivity contribution in [2.24, 2.45) is 11.7 Å². The lowest BCUT2D eigenvalue weighted by atomic mass is 10.1. The Morgan fingerprint density at radius 1 is 1.56 bits per heavy atom. The van der Waals surface area contributed by atoms with Crippen molar-refractivity contribution in [1.82, 2.24) is 5.32 Å². The first-order valence-corrected chi connectivity index (χ1v) is 7.12. The smallest absolute Gasteiger partial charge is 0.251 e. The number of carbonyl (C=O) groups excluding carboxylic acids is 1. The largest absolute Gasteiger partial charge is 0.392 e. The molecule has 3 nitrogen and oxygen atoms in total. The minimum atomic E-state index is -0.207. The number of rotatable bonds is 4. The van der Waals surface area contributed by atoms with Gasteiger partial charge in [0.1, 0.15) is 0 Å². The molecule has 0 aliphatic heterocycles. The van der Waals surface area contributed by atoms with Gasteiger partial charge in [-0.05, 0) is 52.9 Å². The van der Waals surface area contributed by atoms with E-state index in [4.69, 9.17) is 29.6 Å². The van der Waals surface area contributed by atoms with Crippen molar-refractivity contribution in [2.75, 3.05) is 0 Å². The zero-order chi connectivity index (χ0) is 13.3. The predicted octanol–water partition coefficient (Wildman–Crippen LogP) is 2.90. The van der Waals surface area contributed by atoms with Crippen molar-refractivity contribution in [3.63, 3.8) is 0 Å². The first-order chi connectivity index (χ1) is 8.49. The van der Waals surface area contributed by atoms with Gasteiger partial charge in [0.25, 0.3) is 5.91 Å². The average Bonchev–Trinajstić information content (AvgIpc) is 3.13. The molecule has 0 heterocycles. The number of hydrogen-bond donors (Lipinski definition) is 2. The van der Waals surface area contributed by atoms with Crippen molar-refractivity contribution in [2.45, 2.75) is 18.9 Å². The molecule has 1 aromatic rings. The summed E-state index contributed by atoms with van der Waals surface area (Å²) in [6, 6.07) is 4.82. The first-order valence-electron chi connectivity index (χ1n) is 5.54. The Kier molecular flexibility index (Phi) is 4.25. The number of nitrogens with two attached hydrogens (primary N) is 1. The van der Waals surface area contributed by atoms with Crippen LogP contribution in [0.3, 0.4) is 0 Å². The number of thiocarbonyl (C=S) groups is 1. The van der Waals surface area contributed by atoms with Gasteiger partial charge in [0, 0.05) is 10.0 Å². The minimum Gasteiger partial charge on any atom is -0.392 e. The highest BCUT2D eigenvalue weighted by atomic mass is 79.9. The highest BCUT2D eigenvalue weighted by Gasteiger charge is 2.34. The molecule has 6 heteroatoms. The number of nitrogens with one attached hydrogen (secondary N) is 1. The third-order valence-electron chi connectivity index (χ3n) is 2.87. The van der Waals surface area contributed by atoms with Crippen LogP contribution >= 0.6 is 39.7 Å². The molecule has 1 fully saturated rings. The van der Waals surface area contributed by atoms with E-state index in [1.54, 1.807) is 18.2 Å². The summed E-state index contributed by atoms with van der Waals surface area (Å²) in [4.78, 5) is 12.4. The fourth-order valence-electron chi connectivity index (χ4n) is 1.71. The second kappa shape index (κ2) is 5.55. The summed E-state index contributed by atoms with van der Waals surface area (Å²) >= 11 is 14.2. The Balaban J connectivity index is 2.10. The van der Waals surface area contributed by atoms with Crippen molar-refractivity contribution in [3.8, 4) is 0 Å². The van der Waals surface area contributed by atoms with Crippen LogP contribution in [-0.4, -0.2) is 16.9 Å².